The fourth-order valence-electron chi connectivity index (χ4n) is 1.57. The number of hydrogen-bond acceptors (Lipinski definition) is 2. The van der Waals surface area contributed by atoms with E-state index in [1.54, 1.807) is 13.0 Å². The van der Waals surface area contributed by atoms with Gasteiger partial charge in [-0.2, -0.15) is 0 Å². The summed E-state index contributed by atoms with van der Waals surface area (Å²) in [6.07, 6.45) is 0.601. The zero-order valence-corrected chi connectivity index (χ0v) is 12.7. The second-order valence-corrected chi connectivity index (χ2v) is 5.34. The van der Waals surface area contributed by atoms with Gasteiger partial charge in [0.15, 0.2) is 0 Å². The van der Waals surface area contributed by atoms with Gasteiger partial charge in [0.1, 0.15) is 11.9 Å². The number of carbonyl (C=O) groups is 2. The van der Waals surface area contributed by atoms with Crippen LogP contribution in [-0.4, -0.2) is 23.1 Å². The van der Waals surface area contributed by atoms with E-state index in [-0.39, 0.29) is 11.6 Å². The van der Waals surface area contributed by atoms with Crippen molar-refractivity contribution in [2.45, 2.75) is 26.3 Å². The van der Waals surface area contributed by atoms with Crippen LogP contribution >= 0.6 is 15.9 Å². The average molecular weight is 347 g/mol. The number of benzene rings is 1. The van der Waals surface area contributed by atoms with Crippen molar-refractivity contribution in [3.8, 4) is 0 Å². The molecule has 110 valence electrons. The van der Waals surface area contributed by atoms with E-state index >= 15 is 0 Å². The van der Waals surface area contributed by atoms with Crippen LogP contribution in [0.15, 0.2) is 22.7 Å². The predicted molar refractivity (Wildman–Crippen MR) is 77.1 cm³/mol. The maximum absolute atomic E-state index is 13.5. The van der Waals surface area contributed by atoms with Gasteiger partial charge in [0, 0.05) is 4.47 Å². The third-order valence-corrected chi connectivity index (χ3v) is 3.44. The number of carboxylic acid groups (broad SMARTS) is 1. The van der Waals surface area contributed by atoms with Crippen LogP contribution in [-0.2, 0) is 4.79 Å². The molecule has 0 fully saturated rings. The van der Waals surface area contributed by atoms with Gasteiger partial charge in [-0.1, -0.05) is 36.2 Å². The lowest BCUT2D eigenvalue weighted by Gasteiger charge is -2.20. The van der Waals surface area contributed by atoms with Gasteiger partial charge in [-0.3, -0.25) is 0 Å². The van der Waals surface area contributed by atoms with Crippen molar-refractivity contribution < 1.29 is 19.1 Å². The number of hydrogen-bond donors (Lipinski definition) is 3. The van der Waals surface area contributed by atoms with Gasteiger partial charge in [0.25, 0.3) is 0 Å². The van der Waals surface area contributed by atoms with Gasteiger partial charge >= 0.3 is 12.0 Å². The Morgan fingerprint density at radius 3 is 2.60 bits per heavy atom. The summed E-state index contributed by atoms with van der Waals surface area (Å²) in [6.45, 7) is 3.55. The summed E-state index contributed by atoms with van der Waals surface area (Å²) in [5.74, 6) is -1.95. The normalized spacial score (nSPS) is 13.4. The SMILES string of the molecule is CCC(C)[C@H](NC(=O)Nc1ccc(Br)cc1F)C(=O)O. The summed E-state index contributed by atoms with van der Waals surface area (Å²) in [5, 5.41) is 13.7. The van der Waals surface area contributed by atoms with Crippen LogP contribution in [0.25, 0.3) is 0 Å². The van der Waals surface area contributed by atoms with E-state index in [4.69, 9.17) is 5.11 Å². The number of halogens is 2. The van der Waals surface area contributed by atoms with Crippen molar-refractivity contribution in [1.29, 1.82) is 0 Å². The Hall–Kier alpha value is -1.63. The van der Waals surface area contributed by atoms with Crippen LogP contribution in [0.2, 0.25) is 0 Å². The van der Waals surface area contributed by atoms with E-state index in [0.717, 1.165) is 0 Å². The van der Waals surface area contributed by atoms with E-state index in [2.05, 4.69) is 26.6 Å². The minimum Gasteiger partial charge on any atom is -0.480 e. The Bertz CT molecular complexity index is 510. The molecule has 20 heavy (non-hydrogen) atoms. The molecule has 0 aliphatic carbocycles. The molecule has 1 aromatic rings. The van der Waals surface area contributed by atoms with Crippen molar-refractivity contribution in [3.63, 3.8) is 0 Å². The molecule has 1 rings (SSSR count). The Morgan fingerprint density at radius 1 is 1.45 bits per heavy atom. The maximum atomic E-state index is 13.5. The van der Waals surface area contributed by atoms with E-state index in [9.17, 15) is 14.0 Å². The minimum atomic E-state index is -1.12. The number of nitrogens with one attached hydrogen (secondary N) is 2. The topological polar surface area (TPSA) is 78.4 Å². The molecule has 3 N–H and O–H groups in total. The van der Waals surface area contributed by atoms with Crippen LogP contribution in [0.4, 0.5) is 14.9 Å². The first-order valence-corrected chi connectivity index (χ1v) is 6.89. The molecule has 0 aromatic heterocycles. The number of amides is 2. The molecule has 7 heteroatoms. The number of urea groups is 1. The minimum absolute atomic E-state index is 0.0148. The number of carbonyl (C=O) groups excluding carboxylic acids is 1. The highest BCUT2D eigenvalue weighted by atomic mass is 79.9. The first-order chi connectivity index (χ1) is 9.35. The Morgan fingerprint density at radius 2 is 2.10 bits per heavy atom. The lowest BCUT2D eigenvalue weighted by atomic mass is 9.99. The van der Waals surface area contributed by atoms with E-state index in [0.29, 0.717) is 10.9 Å². The third kappa shape index (κ3) is 4.48. The van der Waals surface area contributed by atoms with Crippen molar-refractivity contribution >= 4 is 33.6 Å². The smallest absolute Gasteiger partial charge is 0.326 e. The molecule has 0 aliphatic heterocycles. The maximum Gasteiger partial charge on any atom is 0.326 e. The molecule has 0 bridgehead atoms. The lowest BCUT2D eigenvalue weighted by molar-refractivity contribution is -0.140. The van der Waals surface area contributed by atoms with Crippen LogP contribution in [0, 0.1) is 11.7 Å². The quantitative estimate of drug-likeness (QED) is 0.765. The van der Waals surface area contributed by atoms with Gasteiger partial charge in [-0.15, -0.1) is 0 Å². The molecule has 0 saturated heterocycles. The van der Waals surface area contributed by atoms with Crippen LogP contribution in [0.3, 0.4) is 0 Å². The number of rotatable bonds is 5. The van der Waals surface area contributed by atoms with E-state index in [1.807, 2.05) is 6.92 Å². The monoisotopic (exact) mass is 346 g/mol. The van der Waals surface area contributed by atoms with Crippen molar-refractivity contribution in [2.75, 3.05) is 5.32 Å². The molecule has 1 aromatic carbocycles. The van der Waals surface area contributed by atoms with E-state index < -0.39 is 23.9 Å². The van der Waals surface area contributed by atoms with Crippen LogP contribution in [0.1, 0.15) is 20.3 Å². The molecule has 5 nitrogen and oxygen atoms in total. The predicted octanol–water partition coefficient (Wildman–Crippen LogP) is 3.21. The fourth-order valence-corrected chi connectivity index (χ4v) is 1.91. The zero-order valence-electron chi connectivity index (χ0n) is 11.1. The Labute approximate surface area is 124 Å². The Balaban J connectivity index is 2.73. The van der Waals surface area contributed by atoms with Crippen molar-refractivity contribution in [2.24, 2.45) is 5.92 Å². The molecule has 2 atom stereocenters. The molecule has 0 spiro atoms. The third-order valence-electron chi connectivity index (χ3n) is 2.94. The molecule has 0 radical (unpaired) electrons. The summed E-state index contributed by atoms with van der Waals surface area (Å²) >= 11 is 3.10. The van der Waals surface area contributed by atoms with Gasteiger partial charge in [0.05, 0.1) is 5.69 Å². The summed E-state index contributed by atoms with van der Waals surface area (Å²) in [6, 6.07) is 2.40. The second-order valence-electron chi connectivity index (χ2n) is 4.42. The molecular formula is C13H16BrFN2O3. The molecule has 0 saturated carbocycles. The molecule has 0 heterocycles. The summed E-state index contributed by atoms with van der Waals surface area (Å²) in [5.41, 5.74) is -0.0148. The molecular weight excluding hydrogens is 331 g/mol. The summed E-state index contributed by atoms with van der Waals surface area (Å²) in [4.78, 5) is 22.8. The van der Waals surface area contributed by atoms with Crippen LogP contribution < -0.4 is 10.6 Å². The highest BCUT2D eigenvalue weighted by Crippen LogP contribution is 2.19. The fraction of sp³-hybridized carbons (Fsp3) is 0.385. The summed E-state index contributed by atoms with van der Waals surface area (Å²) in [7, 11) is 0. The van der Waals surface area contributed by atoms with Gasteiger partial charge in [-0.25, -0.2) is 14.0 Å². The van der Waals surface area contributed by atoms with E-state index in [1.165, 1.54) is 12.1 Å². The van der Waals surface area contributed by atoms with Gasteiger partial charge < -0.3 is 15.7 Å². The first kappa shape index (κ1) is 16.4. The molecule has 2 amide bonds. The number of anilines is 1. The summed E-state index contributed by atoms with van der Waals surface area (Å²) < 4.78 is 14.1. The molecule has 0 aliphatic rings. The van der Waals surface area contributed by atoms with Crippen molar-refractivity contribution in [3.05, 3.63) is 28.5 Å². The largest absolute Gasteiger partial charge is 0.480 e. The van der Waals surface area contributed by atoms with Gasteiger partial charge in [0.2, 0.25) is 0 Å². The standard InChI is InChI=1S/C13H16BrFN2O3/c1-3-7(2)11(12(18)19)17-13(20)16-10-5-4-8(14)6-9(10)15/h4-7,11H,3H2,1-2H3,(H,18,19)(H2,16,17,20)/t7?,11-/m0/s1. The highest BCUT2D eigenvalue weighted by Gasteiger charge is 2.25. The highest BCUT2D eigenvalue weighted by molar-refractivity contribution is 9.10. The number of carboxylic acids is 1. The average Bonchev–Trinajstić information content (AvgIpc) is 2.38. The number of aliphatic carboxylic acids is 1. The zero-order chi connectivity index (χ0) is 15.3. The van der Waals surface area contributed by atoms with Crippen molar-refractivity contribution in [1.82, 2.24) is 5.32 Å². The van der Waals surface area contributed by atoms with Gasteiger partial charge in [-0.05, 0) is 24.1 Å². The second kappa shape index (κ2) is 7.23. The van der Waals surface area contributed by atoms with Crippen LogP contribution in [0.5, 0.6) is 0 Å². The lowest BCUT2D eigenvalue weighted by Crippen LogP contribution is -2.46. The Kier molecular flexibility index (Phi) is 5.94. The first-order valence-electron chi connectivity index (χ1n) is 6.10. The molecule has 1 unspecified atom stereocenters.